The zero-order valence-electron chi connectivity index (χ0n) is 18.2. The Morgan fingerprint density at radius 3 is 2.61 bits per heavy atom. The van der Waals surface area contributed by atoms with Gasteiger partial charge in [-0.15, -0.1) is 0 Å². The number of rotatable bonds is 4. The minimum absolute atomic E-state index is 0.00256. The summed E-state index contributed by atoms with van der Waals surface area (Å²) in [6.45, 7) is 3.47. The Labute approximate surface area is 190 Å². The molecule has 33 heavy (non-hydrogen) atoms. The lowest BCUT2D eigenvalue weighted by Gasteiger charge is -2.35. The van der Waals surface area contributed by atoms with Gasteiger partial charge in [0.05, 0.1) is 29.6 Å². The van der Waals surface area contributed by atoms with Gasteiger partial charge in [-0.3, -0.25) is 4.79 Å². The fourth-order valence-electron chi connectivity index (χ4n) is 4.25. The third-order valence-electron chi connectivity index (χ3n) is 5.87. The molecular formula is C22H23N7O3S. The third kappa shape index (κ3) is 3.63. The van der Waals surface area contributed by atoms with Crippen LogP contribution in [0.2, 0.25) is 0 Å². The van der Waals surface area contributed by atoms with Crippen LogP contribution in [0.5, 0.6) is 0 Å². The first-order chi connectivity index (χ1) is 15.7. The molecule has 1 unspecified atom stereocenters. The van der Waals surface area contributed by atoms with Crippen molar-refractivity contribution < 1.29 is 13.2 Å². The average molecular weight is 466 g/mol. The summed E-state index contributed by atoms with van der Waals surface area (Å²) in [5.74, 6) is 0.285. The number of Topliss-reactive ketones (excluding diaryl/α,β-unsaturated/α-hetero) is 1. The second-order valence-electron chi connectivity index (χ2n) is 8.21. The molecule has 3 aromatic heterocycles. The maximum Gasteiger partial charge on any atom is 0.167 e. The number of anilines is 2. The number of carbonyl (C=O) groups excluding carboxylic acids is 1. The van der Waals surface area contributed by atoms with Crippen LogP contribution in [0.25, 0.3) is 22.5 Å². The van der Waals surface area contributed by atoms with Crippen LogP contribution in [0.15, 0.2) is 48.9 Å². The van der Waals surface area contributed by atoms with Crippen molar-refractivity contribution in [2.45, 2.75) is 19.9 Å². The van der Waals surface area contributed by atoms with E-state index in [1.54, 1.807) is 17.1 Å². The first-order valence-corrected chi connectivity index (χ1v) is 12.3. The highest BCUT2D eigenvalue weighted by Gasteiger charge is 2.33. The van der Waals surface area contributed by atoms with Crippen molar-refractivity contribution in [2.24, 2.45) is 0 Å². The molecule has 0 saturated carbocycles. The van der Waals surface area contributed by atoms with E-state index in [0.29, 0.717) is 17.0 Å². The van der Waals surface area contributed by atoms with Crippen molar-refractivity contribution >= 4 is 32.9 Å². The van der Waals surface area contributed by atoms with Gasteiger partial charge in [-0.2, -0.15) is 14.7 Å². The third-order valence-corrected chi connectivity index (χ3v) is 7.67. The van der Waals surface area contributed by atoms with Crippen molar-refractivity contribution in [1.82, 2.24) is 24.4 Å². The van der Waals surface area contributed by atoms with Crippen LogP contribution in [0.3, 0.4) is 0 Å². The van der Waals surface area contributed by atoms with Crippen LogP contribution in [0, 0.1) is 0 Å². The lowest BCUT2D eigenvalue weighted by Crippen LogP contribution is -2.48. The number of nitrogens with zero attached hydrogens (tertiary/aromatic N) is 6. The highest BCUT2D eigenvalue weighted by Crippen LogP contribution is 2.33. The van der Waals surface area contributed by atoms with Gasteiger partial charge in [-0.25, -0.2) is 18.1 Å². The lowest BCUT2D eigenvalue weighted by molar-refractivity contribution is 0.101. The van der Waals surface area contributed by atoms with Crippen LogP contribution in [0.1, 0.15) is 24.2 Å². The van der Waals surface area contributed by atoms with Crippen LogP contribution >= 0.6 is 0 Å². The molecule has 0 amide bonds. The van der Waals surface area contributed by atoms with E-state index >= 15 is 0 Å². The van der Waals surface area contributed by atoms with Gasteiger partial charge >= 0.3 is 0 Å². The molecule has 0 aliphatic carbocycles. The van der Waals surface area contributed by atoms with Gasteiger partial charge in [0.2, 0.25) is 0 Å². The Balaban J connectivity index is 1.65. The average Bonchev–Trinajstić information content (AvgIpc) is 3.40. The predicted octanol–water partition coefficient (Wildman–Crippen LogP) is 1.99. The normalized spacial score (nSPS) is 18.0. The molecule has 1 aliphatic heterocycles. The second kappa shape index (κ2) is 7.69. The molecule has 5 rings (SSSR count). The summed E-state index contributed by atoms with van der Waals surface area (Å²) in [4.78, 5) is 19.2. The van der Waals surface area contributed by atoms with E-state index < -0.39 is 9.84 Å². The van der Waals surface area contributed by atoms with Crippen molar-refractivity contribution in [3.63, 3.8) is 0 Å². The van der Waals surface area contributed by atoms with E-state index in [-0.39, 0.29) is 41.3 Å². The summed E-state index contributed by atoms with van der Waals surface area (Å²) in [5, 5.41) is 8.82. The second-order valence-corrected chi connectivity index (χ2v) is 10.4. The van der Waals surface area contributed by atoms with Crippen molar-refractivity contribution in [3.05, 3.63) is 54.5 Å². The maximum atomic E-state index is 12.5. The Hall–Kier alpha value is -3.73. The molecule has 2 N–H and O–H groups in total. The summed E-state index contributed by atoms with van der Waals surface area (Å²) in [7, 11) is -3.14. The van der Waals surface area contributed by atoms with Gasteiger partial charge in [0.1, 0.15) is 17.2 Å². The van der Waals surface area contributed by atoms with E-state index in [9.17, 15) is 13.2 Å². The largest absolute Gasteiger partial charge is 0.383 e. The molecule has 0 bridgehead atoms. The Kier molecular flexibility index (Phi) is 4.93. The Morgan fingerprint density at radius 1 is 1.15 bits per heavy atom. The Bertz CT molecular complexity index is 1470. The van der Waals surface area contributed by atoms with Gasteiger partial charge < -0.3 is 10.6 Å². The van der Waals surface area contributed by atoms with E-state index in [1.807, 2.05) is 48.4 Å². The van der Waals surface area contributed by atoms with Crippen molar-refractivity contribution in [2.75, 3.05) is 28.7 Å². The molecule has 0 spiro atoms. The number of nitrogen functional groups attached to an aromatic ring is 1. The molecule has 1 aromatic carbocycles. The number of fused-ring (bicyclic) bond motifs is 1. The number of nitrogens with two attached hydrogens (primary N) is 1. The van der Waals surface area contributed by atoms with Crippen LogP contribution < -0.4 is 10.6 Å². The summed E-state index contributed by atoms with van der Waals surface area (Å²) < 4.78 is 27.4. The first kappa shape index (κ1) is 21.1. The topological polar surface area (TPSA) is 128 Å². The molecule has 10 nitrogen and oxygen atoms in total. The number of carbonyl (C=O) groups is 1. The summed E-state index contributed by atoms with van der Waals surface area (Å²) in [6, 6.07) is 9.36. The van der Waals surface area contributed by atoms with E-state index in [1.165, 1.54) is 11.4 Å². The standard InChI is InChI=1S/C22H23N7O3S/c1-14-13-33(31,32)9-8-27(14)22-19(15(2)30)20(23)29-21(26-22)18(11-25-29)16-10-24-28(12-16)17-6-4-3-5-7-17/h3-7,10-12,14H,8-9,13,23H2,1-2H3. The first-order valence-electron chi connectivity index (χ1n) is 10.5. The molecule has 0 radical (unpaired) electrons. The molecule has 1 fully saturated rings. The van der Waals surface area contributed by atoms with Crippen molar-refractivity contribution in [3.8, 4) is 16.8 Å². The van der Waals surface area contributed by atoms with Gasteiger partial charge in [-0.1, -0.05) is 18.2 Å². The molecule has 1 aliphatic rings. The minimum atomic E-state index is -3.14. The van der Waals surface area contributed by atoms with Crippen LogP contribution in [-0.4, -0.2) is 62.7 Å². The summed E-state index contributed by atoms with van der Waals surface area (Å²) in [6.07, 6.45) is 5.23. The minimum Gasteiger partial charge on any atom is -0.383 e. The number of sulfone groups is 1. The molecule has 4 heterocycles. The summed E-state index contributed by atoms with van der Waals surface area (Å²) >= 11 is 0. The highest BCUT2D eigenvalue weighted by molar-refractivity contribution is 7.91. The smallest absolute Gasteiger partial charge is 0.167 e. The SMILES string of the molecule is CC(=O)c1c(N2CCS(=O)(=O)CC2C)nc2c(-c3cnn(-c4ccccc4)c3)cnn2c1N. The zero-order valence-corrected chi connectivity index (χ0v) is 19.0. The molecule has 170 valence electrons. The van der Waals surface area contributed by atoms with E-state index in [4.69, 9.17) is 10.7 Å². The molecule has 1 atom stereocenters. The van der Waals surface area contributed by atoms with Gasteiger partial charge in [0.15, 0.2) is 21.3 Å². The lowest BCUT2D eigenvalue weighted by atomic mass is 10.1. The predicted molar refractivity (Wildman–Crippen MR) is 125 cm³/mol. The maximum absolute atomic E-state index is 12.5. The van der Waals surface area contributed by atoms with Crippen LogP contribution in [-0.2, 0) is 9.84 Å². The summed E-state index contributed by atoms with van der Waals surface area (Å²) in [5.41, 5.74) is 9.51. The number of ketones is 1. The molecular weight excluding hydrogens is 442 g/mol. The number of aromatic nitrogens is 5. The highest BCUT2D eigenvalue weighted by atomic mass is 32.2. The number of benzene rings is 1. The van der Waals surface area contributed by atoms with Gasteiger partial charge in [0.25, 0.3) is 0 Å². The molecule has 1 saturated heterocycles. The van der Waals surface area contributed by atoms with E-state index in [2.05, 4.69) is 10.2 Å². The van der Waals surface area contributed by atoms with E-state index in [0.717, 1.165) is 11.3 Å². The van der Waals surface area contributed by atoms with Gasteiger partial charge in [0, 0.05) is 29.9 Å². The number of hydrogen-bond donors (Lipinski definition) is 1. The molecule has 11 heteroatoms. The Morgan fingerprint density at radius 2 is 1.91 bits per heavy atom. The zero-order chi connectivity index (χ0) is 23.3. The fraction of sp³-hybridized carbons (Fsp3) is 0.273. The number of para-hydroxylation sites is 1. The monoisotopic (exact) mass is 465 g/mol. The van der Waals surface area contributed by atoms with Gasteiger partial charge in [-0.05, 0) is 26.0 Å². The fourth-order valence-corrected chi connectivity index (χ4v) is 5.81. The molecule has 4 aromatic rings. The van der Waals surface area contributed by atoms with Crippen LogP contribution in [0.4, 0.5) is 11.6 Å². The number of hydrogen-bond acceptors (Lipinski definition) is 8. The van der Waals surface area contributed by atoms with Crippen molar-refractivity contribution in [1.29, 1.82) is 0 Å². The quantitative estimate of drug-likeness (QED) is 0.453.